The lowest BCUT2D eigenvalue weighted by Crippen LogP contribution is -2.13. The van der Waals surface area contributed by atoms with E-state index < -0.39 is 0 Å². The Bertz CT molecular complexity index is 362. The first-order valence-corrected chi connectivity index (χ1v) is 4.85. The summed E-state index contributed by atoms with van der Waals surface area (Å²) >= 11 is 0. The van der Waals surface area contributed by atoms with Crippen molar-refractivity contribution in [2.75, 3.05) is 13.7 Å². The number of rotatable bonds is 1. The molecule has 3 nitrogen and oxygen atoms in total. The molecule has 3 heteroatoms. The molecule has 0 bridgehead atoms. The smallest absolute Gasteiger partial charge is 0.207 e. The summed E-state index contributed by atoms with van der Waals surface area (Å²) < 4.78 is 16.4. The predicted molar refractivity (Wildman–Crippen MR) is 50.7 cm³/mol. The number of ether oxygens (including phenoxy) is 3. The first-order chi connectivity index (χ1) is 6.90. The first-order valence-electron chi connectivity index (χ1n) is 4.85. The number of hydrogen-bond acceptors (Lipinski definition) is 3. The van der Waals surface area contributed by atoms with Gasteiger partial charge < -0.3 is 14.2 Å². The molecule has 0 unspecified atom stereocenters. The molecule has 0 saturated carbocycles. The van der Waals surface area contributed by atoms with Gasteiger partial charge >= 0.3 is 0 Å². The van der Waals surface area contributed by atoms with Crippen LogP contribution in [0.5, 0.6) is 11.5 Å². The average molecular weight is 192 g/mol. The third kappa shape index (κ3) is 0.960. The highest BCUT2D eigenvalue weighted by Crippen LogP contribution is 2.48. The Labute approximate surface area is 82.6 Å². The molecule has 0 radical (unpaired) electrons. The van der Waals surface area contributed by atoms with Crippen LogP contribution in [0.3, 0.4) is 0 Å². The Morgan fingerprint density at radius 3 is 3.21 bits per heavy atom. The molecule has 1 fully saturated rings. The zero-order valence-corrected chi connectivity index (χ0v) is 8.03. The van der Waals surface area contributed by atoms with Crippen molar-refractivity contribution < 1.29 is 14.2 Å². The second kappa shape index (κ2) is 2.89. The van der Waals surface area contributed by atoms with Gasteiger partial charge in [-0.1, -0.05) is 12.1 Å². The van der Waals surface area contributed by atoms with E-state index in [0.29, 0.717) is 5.92 Å². The third-order valence-corrected chi connectivity index (χ3v) is 2.90. The van der Waals surface area contributed by atoms with E-state index in [9.17, 15) is 0 Å². The van der Waals surface area contributed by atoms with Gasteiger partial charge in [0.2, 0.25) is 6.29 Å². The van der Waals surface area contributed by atoms with Crippen molar-refractivity contribution >= 4 is 0 Å². The van der Waals surface area contributed by atoms with Crippen molar-refractivity contribution in [2.24, 2.45) is 0 Å². The second-order valence-electron chi connectivity index (χ2n) is 3.63. The zero-order chi connectivity index (χ0) is 9.54. The monoisotopic (exact) mass is 192 g/mol. The largest absolute Gasteiger partial charge is 0.493 e. The molecular formula is C11H12O3. The molecule has 1 aromatic carbocycles. The molecule has 2 aliphatic rings. The van der Waals surface area contributed by atoms with E-state index in [1.807, 2.05) is 12.1 Å². The minimum Gasteiger partial charge on any atom is -0.493 e. The maximum atomic E-state index is 5.71. The van der Waals surface area contributed by atoms with Gasteiger partial charge in [0.25, 0.3) is 0 Å². The zero-order valence-electron chi connectivity index (χ0n) is 8.03. The Balaban J connectivity index is 2.08. The molecule has 0 N–H and O–H groups in total. The fourth-order valence-electron chi connectivity index (χ4n) is 2.21. The van der Waals surface area contributed by atoms with Crippen LogP contribution in [0.15, 0.2) is 18.2 Å². The number of hydrogen-bond donors (Lipinski definition) is 0. The van der Waals surface area contributed by atoms with E-state index in [2.05, 4.69) is 6.07 Å². The Morgan fingerprint density at radius 2 is 2.36 bits per heavy atom. The minimum atomic E-state index is -0.0821. The summed E-state index contributed by atoms with van der Waals surface area (Å²) in [6.45, 7) is 0.798. The quantitative estimate of drug-likeness (QED) is 0.680. The topological polar surface area (TPSA) is 27.7 Å². The second-order valence-corrected chi connectivity index (χ2v) is 3.63. The SMILES string of the molecule is COc1cccc2c1O[C@H]1OCC[C@@H]21. The summed E-state index contributed by atoms with van der Waals surface area (Å²) in [5.41, 5.74) is 1.23. The summed E-state index contributed by atoms with van der Waals surface area (Å²) in [6.07, 6.45) is 0.964. The minimum absolute atomic E-state index is 0.0821. The third-order valence-electron chi connectivity index (χ3n) is 2.90. The van der Waals surface area contributed by atoms with E-state index in [1.54, 1.807) is 7.11 Å². The van der Waals surface area contributed by atoms with E-state index in [1.165, 1.54) is 5.56 Å². The Kier molecular flexibility index (Phi) is 1.67. The average Bonchev–Trinajstić information content (AvgIpc) is 2.76. The molecular weight excluding hydrogens is 180 g/mol. The van der Waals surface area contributed by atoms with Gasteiger partial charge in [-0.25, -0.2) is 0 Å². The van der Waals surface area contributed by atoms with Crippen molar-refractivity contribution in [1.29, 1.82) is 0 Å². The molecule has 2 atom stereocenters. The molecule has 74 valence electrons. The molecule has 1 aromatic rings. The summed E-state index contributed by atoms with van der Waals surface area (Å²) in [4.78, 5) is 0. The summed E-state index contributed by atoms with van der Waals surface area (Å²) in [5, 5.41) is 0. The molecule has 0 aliphatic carbocycles. The van der Waals surface area contributed by atoms with Gasteiger partial charge in [0.05, 0.1) is 19.6 Å². The lowest BCUT2D eigenvalue weighted by molar-refractivity contribution is -0.0347. The highest BCUT2D eigenvalue weighted by molar-refractivity contribution is 5.51. The lowest BCUT2D eigenvalue weighted by atomic mass is 9.98. The molecule has 14 heavy (non-hydrogen) atoms. The van der Waals surface area contributed by atoms with Gasteiger partial charge in [-0.05, 0) is 12.5 Å². The maximum absolute atomic E-state index is 5.71. The van der Waals surface area contributed by atoms with E-state index >= 15 is 0 Å². The van der Waals surface area contributed by atoms with Crippen molar-refractivity contribution in [3.63, 3.8) is 0 Å². The van der Waals surface area contributed by atoms with Crippen molar-refractivity contribution in [2.45, 2.75) is 18.6 Å². The normalized spacial score (nSPS) is 28.1. The number of para-hydroxylation sites is 1. The molecule has 0 spiro atoms. The molecule has 0 aromatic heterocycles. The summed E-state index contributed by atoms with van der Waals surface area (Å²) in [7, 11) is 1.66. The van der Waals surface area contributed by atoms with Crippen molar-refractivity contribution in [1.82, 2.24) is 0 Å². The van der Waals surface area contributed by atoms with Crippen molar-refractivity contribution in [3.8, 4) is 11.5 Å². The lowest BCUT2D eigenvalue weighted by Gasteiger charge is -2.09. The number of methoxy groups -OCH3 is 1. The molecule has 2 aliphatic heterocycles. The van der Waals surface area contributed by atoms with Crippen LogP contribution in [-0.4, -0.2) is 20.0 Å². The predicted octanol–water partition coefficient (Wildman–Crippen LogP) is 1.92. The summed E-state index contributed by atoms with van der Waals surface area (Å²) in [6, 6.07) is 6.01. The highest BCUT2D eigenvalue weighted by Gasteiger charge is 2.40. The van der Waals surface area contributed by atoms with Gasteiger partial charge in [-0.3, -0.25) is 0 Å². The van der Waals surface area contributed by atoms with Crippen LogP contribution in [0.2, 0.25) is 0 Å². The van der Waals surface area contributed by atoms with Crippen LogP contribution in [0.25, 0.3) is 0 Å². The van der Waals surface area contributed by atoms with Crippen LogP contribution in [0, 0.1) is 0 Å². The van der Waals surface area contributed by atoms with Crippen LogP contribution in [0.4, 0.5) is 0 Å². The van der Waals surface area contributed by atoms with E-state index in [0.717, 1.165) is 24.5 Å². The van der Waals surface area contributed by atoms with Gasteiger partial charge in [0, 0.05) is 5.56 Å². The van der Waals surface area contributed by atoms with Crippen molar-refractivity contribution in [3.05, 3.63) is 23.8 Å². The van der Waals surface area contributed by atoms with Crippen LogP contribution in [-0.2, 0) is 4.74 Å². The van der Waals surface area contributed by atoms with Gasteiger partial charge in [0.1, 0.15) is 0 Å². The molecule has 3 rings (SSSR count). The van der Waals surface area contributed by atoms with Crippen LogP contribution < -0.4 is 9.47 Å². The molecule has 1 saturated heterocycles. The van der Waals surface area contributed by atoms with Gasteiger partial charge in [0.15, 0.2) is 11.5 Å². The fraction of sp³-hybridized carbons (Fsp3) is 0.455. The van der Waals surface area contributed by atoms with E-state index in [4.69, 9.17) is 14.2 Å². The molecule has 0 amide bonds. The maximum Gasteiger partial charge on any atom is 0.207 e. The molecule has 2 heterocycles. The van der Waals surface area contributed by atoms with Crippen LogP contribution in [0.1, 0.15) is 17.9 Å². The van der Waals surface area contributed by atoms with Gasteiger partial charge in [-0.2, -0.15) is 0 Å². The Hall–Kier alpha value is -1.22. The number of benzene rings is 1. The van der Waals surface area contributed by atoms with Gasteiger partial charge in [-0.15, -0.1) is 0 Å². The first kappa shape index (κ1) is 8.12. The standard InChI is InChI=1S/C11H12O3/c1-12-9-4-2-3-7-8-5-6-13-11(8)14-10(7)9/h2-4,8,11H,5-6H2,1H3/t8-,11+/m0/s1. The highest BCUT2D eigenvalue weighted by atomic mass is 16.7. The van der Waals surface area contributed by atoms with E-state index in [-0.39, 0.29) is 6.29 Å². The number of fused-ring (bicyclic) bond motifs is 3. The fourth-order valence-corrected chi connectivity index (χ4v) is 2.21. The van der Waals surface area contributed by atoms with Crippen LogP contribution >= 0.6 is 0 Å². The Morgan fingerprint density at radius 1 is 1.43 bits per heavy atom. The summed E-state index contributed by atoms with van der Waals surface area (Å²) in [5.74, 6) is 2.07.